The van der Waals surface area contributed by atoms with Crippen LogP contribution in [0.3, 0.4) is 0 Å². The molecule has 2 heterocycles. The monoisotopic (exact) mass is 280 g/mol. The van der Waals surface area contributed by atoms with E-state index < -0.39 is 0 Å². The predicted molar refractivity (Wildman–Crippen MR) is 80.5 cm³/mol. The molecule has 0 spiro atoms. The van der Waals surface area contributed by atoms with E-state index in [9.17, 15) is 0 Å². The largest absolute Gasteiger partial charge is 0.468 e. The zero-order valence-electron chi connectivity index (χ0n) is 13.2. The lowest BCUT2D eigenvalue weighted by Crippen LogP contribution is -2.46. The van der Waals surface area contributed by atoms with Gasteiger partial charge < -0.3 is 14.5 Å². The Hall–Kier alpha value is -0.840. The minimum absolute atomic E-state index is 0.309. The summed E-state index contributed by atoms with van der Waals surface area (Å²) in [6.07, 6.45) is 2.11. The summed E-state index contributed by atoms with van der Waals surface area (Å²) < 4.78 is 11.4. The van der Waals surface area contributed by atoms with Crippen molar-refractivity contribution < 1.29 is 9.15 Å². The van der Waals surface area contributed by atoms with Gasteiger partial charge in [-0.2, -0.15) is 0 Å². The van der Waals surface area contributed by atoms with Gasteiger partial charge >= 0.3 is 0 Å². The van der Waals surface area contributed by atoms with Crippen LogP contribution in [0.4, 0.5) is 0 Å². The molecule has 114 valence electrons. The van der Waals surface area contributed by atoms with Crippen LogP contribution in [0, 0.1) is 5.92 Å². The molecule has 4 heteroatoms. The molecule has 0 aliphatic carbocycles. The van der Waals surface area contributed by atoms with Crippen molar-refractivity contribution in [3.05, 3.63) is 23.7 Å². The zero-order valence-corrected chi connectivity index (χ0v) is 13.2. The van der Waals surface area contributed by atoms with E-state index in [0.29, 0.717) is 18.1 Å². The van der Waals surface area contributed by atoms with Crippen LogP contribution in [-0.4, -0.2) is 36.7 Å². The second-order valence-electron chi connectivity index (χ2n) is 6.32. The fourth-order valence-corrected chi connectivity index (χ4v) is 2.54. The van der Waals surface area contributed by atoms with Crippen LogP contribution < -0.4 is 5.32 Å². The molecular formula is C16H28N2O2. The number of morpholine rings is 1. The summed E-state index contributed by atoms with van der Waals surface area (Å²) in [5, 5.41) is 3.48. The molecule has 1 saturated heterocycles. The maximum absolute atomic E-state index is 5.69. The van der Waals surface area contributed by atoms with Crippen molar-refractivity contribution in [1.29, 1.82) is 0 Å². The van der Waals surface area contributed by atoms with Crippen LogP contribution in [0.5, 0.6) is 0 Å². The second kappa shape index (κ2) is 7.25. The first-order valence-electron chi connectivity index (χ1n) is 7.68. The van der Waals surface area contributed by atoms with Crippen molar-refractivity contribution in [1.82, 2.24) is 10.2 Å². The van der Waals surface area contributed by atoms with Gasteiger partial charge in [0.2, 0.25) is 0 Å². The minimum atomic E-state index is 0.309. The van der Waals surface area contributed by atoms with Gasteiger partial charge in [0, 0.05) is 24.7 Å². The molecule has 2 atom stereocenters. The normalized spacial score (nSPS) is 24.4. The minimum Gasteiger partial charge on any atom is -0.468 e. The third-order valence-electron chi connectivity index (χ3n) is 3.79. The van der Waals surface area contributed by atoms with Gasteiger partial charge in [-0.15, -0.1) is 0 Å². The molecule has 1 aromatic heterocycles. The summed E-state index contributed by atoms with van der Waals surface area (Å²) in [4.78, 5) is 2.44. The quantitative estimate of drug-likeness (QED) is 0.869. The molecule has 0 amide bonds. The van der Waals surface area contributed by atoms with E-state index in [-0.39, 0.29) is 0 Å². The Morgan fingerprint density at radius 3 is 2.95 bits per heavy atom. The van der Waals surface area contributed by atoms with Crippen LogP contribution in [0.25, 0.3) is 0 Å². The van der Waals surface area contributed by atoms with Crippen molar-refractivity contribution >= 4 is 0 Å². The Morgan fingerprint density at radius 2 is 2.20 bits per heavy atom. The van der Waals surface area contributed by atoms with Gasteiger partial charge in [0.25, 0.3) is 0 Å². The predicted octanol–water partition coefficient (Wildman–Crippen LogP) is 2.63. The van der Waals surface area contributed by atoms with Crippen molar-refractivity contribution in [3.63, 3.8) is 0 Å². The highest BCUT2D eigenvalue weighted by atomic mass is 16.5. The summed E-state index contributed by atoms with van der Waals surface area (Å²) in [7, 11) is 0. The van der Waals surface area contributed by atoms with Gasteiger partial charge in [0.05, 0.1) is 25.5 Å². The number of hydrogen-bond acceptors (Lipinski definition) is 4. The molecule has 2 unspecified atom stereocenters. The first-order chi connectivity index (χ1) is 9.56. The molecule has 4 nitrogen and oxygen atoms in total. The van der Waals surface area contributed by atoms with Crippen LogP contribution in [-0.2, 0) is 17.8 Å². The van der Waals surface area contributed by atoms with Gasteiger partial charge in [0.15, 0.2) is 0 Å². The van der Waals surface area contributed by atoms with Gasteiger partial charge in [0.1, 0.15) is 5.76 Å². The zero-order chi connectivity index (χ0) is 14.5. The van der Waals surface area contributed by atoms with Crippen LogP contribution in [0.15, 0.2) is 16.7 Å². The average molecular weight is 280 g/mol. The maximum atomic E-state index is 5.69. The number of rotatable bonds is 6. The van der Waals surface area contributed by atoms with Gasteiger partial charge in [-0.25, -0.2) is 0 Å². The van der Waals surface area contributed by atoms with E-state index in [4.69, 9.17) is 9.15 Å². The average Bonchev–Trinajstić information content (AvgIpc) is 2.81. The Balaban J connectivity index is 1.90. The molecule has 1 aliphatic heterocycles. The van der Waals surface area contributed by atoms with Crippen molar-refractivity contribution in [3.8, 4) is 0 Å². The Morgan fingerprint density at radius 1 is 1.40 bits per heavy atom. The molecule has 20 heavy (non-hydrogen) atoms. The molecule has 0 bridgehead atoms. The van der Waals surface area contributed by atoms with Crippen molar-refractivity contribution in [2.75, 3.05) is 19.7 Å². The molecule has 0 aromatic carbocycles. The lowest BCUT2D eigenvalue weighted by molar-refractivity contribution is -0.0546. The molecule has 1 aliphatic rings. The molecule has 2 rings (SSSR count). The Bertz CT molecular complexity index is 403. The lowest BCUT2D eigenvalue weighted by Gasteiger charge is -2.36. The molecule has 1 aromatic rings. The first-order valence-corrected chi connectivity index (χ1v) is 7.68. The molecule has 1 N–H and O–H groups in total. The number of furan rings is 1. The highest BCUT2D eigenvalue weighted by Crippen LogP contribution is 2.18. The summed E-state index contributed by atoms with van der Waals surface area (Å²) in [5.41, 5.74) is 1.27. The fourth-order valence-electron chi connectivity index (χ4n) is 2.54. The number of nitrogens with zero attached hydrogens (tertiary/aromatic N) is 1. The Labute approximate surface area is 122 Å². The van der Waals surface area contributed by atoms with Gasteiger partial charge in [-0.1, -0.05) is 13.8 Å². The molecular weight excluding hydrogens is 252 g/mol. The van der Waals surface area contributed by atoms with Crippen molar-refractivity contribution in [2.24, 2.45) is 5.92 Å². The van der Waals surface area contributed by atoms with Crippen LogP contribution in [0.2, 0.25) is 0 Å². The van der Waals surface area contributed by atoms with E-state index >= 15 is 0 Å². The topological polar surface area (TPSA) is 37.6 Å². The second-order valence-corrected chi connectivity index (χ2v) is 6.32. The fraction of sp³-hybridized carbons (Fsp3) is 0.750. The van der Waals surface area contributed by atoms with Crippen molar-refractivity contribution in [2.45, 2.75) is 52.9 Å². The SMILES string of the molecule is CC(C)CNCc1ccoc1CN1CC(C)OCC1C. The van der Waals surface area contributed by atoms with E-state index in [2.05, 4.69) is 44.0 Å². The Kier molecular flexibility index (Phi) is 5.64. The molecule has 0 radical (unpaired) electrons. The van der Waals surface area contributed by atoms with E-state index in [1.165, 1.54) is 5.56 Å². The lowest BCUT2D eigenvalue weighted by atomic mass is 10.1. The maximum Gasteiger partial charge on any atom is 0.122 e. The summed E-state index contributed by atoms with van der Waals surface area (Å²) in [5.74, 6) is 1.76. The smallest absolute Gasteiger partial charge is 0.122 e. The third-order valence-corrected chi connectivity index (χ3v) is 3.79. The van der Waals surface area contributed by atoms with Crippen LogP contribution >= 0.6 is 0 Å². The number of ether oxygens (including phenoxy) is 1. The highest BCUT2D eigenvalue weighted by molar-refractivity contribution is 5.17. The summed E-state index contributed by atoms with van der Waals surface area (Å²) >= 11 is 0. The summed E-state index contributed by atoms with van der Waals surface area (Å²) in [6.45, 7) is 13.4. The standard InChI is InChI=1S/C16H28N2O2/c1-12(2)7-17-8-15-5-6-19-16(15)10-18-9-14(4)20-11-13(18)3/h5-6,12-14,17H,7-11H2,1-4H3. The van der Waals surface area contributed by atoms with E-state index in [1.807, 2.05) is 0 Å². The summed E-state index contributed by atoms with van der Waals surface area (Å²) in [6, 6.07) is 2.53. The van der Waals surface area contributed by atoms with E-state index in [1.54, 1.807) is 6.26 Å². The van der Waals surface area contributed by atoms with Gasteiger partial charge in [-0.3, -0.25) is 4.90 Å². The first kappa shape index (κ1) is 15.5. The number of hydrogen-bond donors (Lipinski definition) is 1. The molecule has 1 fully saturated rings. The van der Waals surface area contributed by atoms with Crippen LogP contribution in [0.1, 0.15) is 39.0 Å². The third kappa shape index (κ3) is 4.33. The number of nitrogens with one attached hydrogen (secondary N) is 1. The van der Waals surface area contributed by atoms with Gasteiger partial charge in [-0.05, 0) is 32.4 Å². The highest BCUT2D eigenvalue weighted by Gasteiger charge is 2.24. The molecule has 0 saturated carbocycles. The van der Waals surface area contributed by atoms with E-state index in [0.717, 1.165) is 38.5 Å².